The van der Waals surface area contributed by atoms with Crippen molar-refractivity contribution in [1.29, 1.82) is 0 Å². The average Bonchev–Trinajstić information content (AvgIpc) is 3.61. The number of nitrogens with zero attached hydrogens (tertiary/aromatic N) is 2. The molecule has 0 saturated carbocycles. The largest absolute Gasteiger partial charge is 0.507 e. The number of benzene rings is 4. The van der Waals surface area contributed by atoms with Crippen molar-refractivity contribution in [2.75, 3.05) is 45.3 Å². The fraction of sp³-hybridized carbons (Fsp3) is 0.333. The molecule has 0 aromatic heterocycles. The molecule has 4 aromatic carbocycles. The number of nitrogens with one attached hydrogen (secondary N) is 2. The van der Waals surface area contributed by atoms with E-state index in [1.165, 1.54) is 13.8 Å². The standard InChI is InChI=1S/C36H36Cl2N4O6/c1-19(43)39-23-7-9-25-27(11-23)31(45)13-29-35(25)21(15-37)17-41(29)33(47)5-3-4-6-34(48)42-18-22(16-38)36-26-10-8-24(40-20(2)44)12-28(26)32(46)14-30(36)42/h7-14,21-22,45-46H,3-6,15-18H2,1-2H3,(H,39,43)(H,40,44). The van der Waals surface area contributed by atoms with Gasteiger partial charge in [-0.15, -0.1) is 23.2 Å². The number of unbranched alkanes of at least 4 members (excludes halogenated alkanes) is 1. The van der Waals surface area contributed by atoms with Gasteiger partial charge in [0, 0.05) is 97.7 Å². The number of carbonyl (C=O) groups excluding carboxylic acids is 4. The molecule has 2 aliphatic rings. The first kappa shape index (κ1) is 33.4. The van der Waals surface area contributed by atoms with Gasteiger partial charge in [-0.05, 0) is 59.0 Å². The number of anilines is 4. The Bertz CT molecular complexity index is 1840. The van der Waals surface area contributed by atoms with E-state index in [9.17, 15) is 29.4 Å². The maximum absolute atomic E-state index is 13.5. The highest BCUT2D eigenvalue weighted by atomic mass is 35.5. The van der Waals surface area contributed by atoms with Crippen molar-refractivity contribution in [3.05, 3.63) is 59.7 Å². The summed E-state index contributed by atoms with van der Waals surface area (Å²) in [5, 5.41) is 29.9. The molecular formula is C36H36Cl2N4O6. The van der Waals surface area contributed by atoms with Crippen LogP contribution < -0.4 is 20.4 Å². The van der Waals surface area contributed by atoms with Crippen molar-refractivity contribution in [2.24, 2.45) is 0 Å². The van der Waals surface area contributed by atoms with Gasteiger partial charge in [0.1, 0.15) is 11.5 Å². The first-order valence-corrected chi connectivity index (χ1v) is 16.9. The van der Waals surface area contributed by atoms with Crippen LogP contribution in [0.4, 0.5) is 22.7 Å². The van der Waals surface area contributed by atoms with Crippen molar-refractivity contribution in [3.8, 4) is 11.5 Å². The van der Waals surface area contributed by atoms with Crippen LogP contribution >= 0.6 is 23.2 Å². The summed E-state index contributed by atoms with van der Waals surface area (Å²) in [5.41, 5.74) is 4.14. The van der Waals surface area contributed by atoms with Gasteiger partial charge in [-0.2, -0.15) is 0 Å². The number of phenols is 2. The summed E-state index contributed by atoms with van der Waals surface area (Å²) < 4.78 is 0. The first-order valence-electron chi connectivity index (χ1n) is 15.9. The van der Waals surface area contributed by atoms with Gasteiger partial charge in [0.25, 0.3) is 0 Å². The third kappa shape index (κ3) is 6.22. The molecule has 0 fully saturated rings. The van der Waals surface area contributed by atoms with Gasteiger partial charge in [-0.25, -0.2) is 0 Å². The third-order valence-corrected chi connectivity index (χ3v) is 9.87. The number of fused-ring (bicyclic) bond motifs is 6. The van der Waals surface area contributed by atoms with Gasteiger partial charge in [0.05, 0.1) is 11.4 Å². The van der Waals surface area contributed by atoms with Crippen LogP contribution in [0.3, 0.4) is 0 Å². The topological polar surface area (TPSA) is 139 Å². The van der Waals surface area contributed by atoms with Gasteiger partial charge in [0.15, 0.2) is 0 Å². The molecule has 2 atom stereocenters. The van der Waals surface area contributed by atoms with E-state index in [2.05, 4.69) is 10.6 Å². The Morgan fingerprint density at radius 2 is 1.06 bits per heavy atom. The normalized spacial score (nSPS) is 16.7. The average molecular weight is 692 g/mol. The molecule has 0 aliphatic carbocycles. The maximum atomic E-state index is 13.5. The summed E-state index contributed by atoms with van der Waals surface area (Å²) >= 11 is 12.7. The van der Waals surface area contributed by atoms with Crippen LogP contribution in [0.1, 0.15) is 62.5 Å². The number of hydrogen-bond donors (Lipinski definition) is 4. The monoisotopic (exact) mass is 690 g/mol. The van der Waals surface area contributed by atoms with E-state index >= 15 is 0 Å². The van der Waals surface area contributed by atoms with E-state index < -0.39 is 0 Å². The van der Waals surface area contributed by atoms with Crippen LogP contribution in [0.25, 0.3) is 21.5 Å². The minimum absolute atomic E-state index is 0.00250. The molecule has 4 aromatic rings. The molecule has 12 heteroatoms. The lowest BCUT2D eigenvalue weighted by Gasteiger charge is -2.20. The quantitative estimate of drug-likeness (QED) is 0.111. The van der Waals surface area contributed by atoms with Gasteiger partial charge in [0.2, 0.25) is 23.6 Å². The van der Waals surface area contributed by atoms with Gasteiger partial charge < -0.3 is 30.6 Å². The second-order valence-electron chi connectivity index (χ2n) is 12.5. The maximum Gasteiger partial charge on any atom is 0.227 e. The highest BCUT2D eigenvalue weighted by Crippen LogP contribution is 2.47. The lowest BCUT2D eigenvalue weighted by molar-refractivity contribution is -0.120. The van der Waals surface area contributed by atoms with Crippen LogP contribution in [-0.4, -0.2) is 58.7 Å². The Labute approximate surface area is 287 Å². The van der Waals surface area contributed by atoms with E-state index in [1.54, 1.807) is 46.2 Å². The molecule has 250 valence electrons. The molecule has 0 saturated heterocycles. The summed E-state index contributed by atoms with van der Waals surface area (Å²) in [7, 11) is 0. The summed E-state index contributed by atoms with van der Waals surface area (Å²) in [6, 6.07) is 13.8. The highest BCUT2D eigenvalue weighted by molar-refractivity contribution is 6.19. The van der Waals surface area contributed by atoms with Crippen molar-refractivity contribution in [3.63, 3.8) is 0 Å². The molecule has 4 amide bonds. The molecule has 4 N–H and O–H groups in total. The SMILES string of the molecule is CC(=O)Nc1ccc2c3c(cc(O)c2c1)N(C(=O)CCCCC(=O)N1CC(CCl)c2c1cc(O)c1cc(NC(C)=O)ccc21)CC3CCl. The fourth-order valence-electron chi connectivity index (χ4n) is 7.06. The predicted octanol–water partition coefficient (Wildman–Crippen LogP) is 6.92. The number of phenolic OH excluding ortho intramolecular Hbond substituents is 2. The number of hydrogen-bond acceptors (Lipinski definition) is 6. The van der Waals surface area contributed by atoms with Crippen LogP contribution in [0.5, 0.6) is 11.5 Å². The molecule has 2 heterocycles. The lowest BCUT2D eigenvalue weighted by atomic mass is 9.95. The number of rotatable bonds is 9. The number of aromatic hydroxyl groups is 2. The Morgan fingerprint density at radius 3 is 1.42 bits per heavy atom. The molecule has 48 heavy (non-hydrogen) atoms. The Kier molecular flexibility index (Phi) is 9.40. The van der Waals surface area contributed by atoms with Crippen LogP contribution in [-0.2, 0) is 19.2 Å². The van der Waals surface area contributed by atoms with Gasteiger partial charge in [-0.3, -0.25) is 19.2 Å². The summed E-state index contributed by atoms with van der Waals surface area (Å²) in [6.07, 6.45) is 1.39. The minimum Gasteiger partial charge on any atom is -0.507 e. The molecule has 10 nitrogen and oxygen atoms in total. The molecule has 0 radical (unpaired) electrons. The molecular weight excluding hydrogens is 655 g/mol. The molecule has 2 aliphatic heterocycles. The van der Waals surface area contributed by atoms with Crippen LogP contribution in [0, 0.1) is 0 Å². The van der Waals surface area contributed by atoms with Crippen LogP contribution in [0.15, 0.2) is 48.5 Å². The van der Waals surface area contributed by atoms with E-state index in [0.717, 1.165) is 21.9 Å². The van der Waals surface area contributed by atoms with Gasteiger partial charge >= 0.3 is 0 Å². The Morgan fingerprint density at radius 1 is 0.667 bits per heavy atom. The van der Waals surface area contributed by atoms with Crippen molar-refractivity contribution in [2.45, 2.75) is 51.4 Å². The van der Waals surface area contributed by atoms with Crippen molar-refractivity contribution >= 4 is 91.1 Å². The van der Waals surface area contributed by atoms with E-state index in [0.29, 0.717) is 71.2 Å². The molecule has 0 spiro atoms. The third-order valence-electron chi connectivity index (χ3n) is 9.12. The van der Waals surface area contributed by atoms with Crippen molar-refractivity contribution in [1.82, 2.24) is 0 Å². The van der Waals surface area contributed by atoms with E-state index in [4.69, 9.17) is 23.2 Å². The van der Waals surface area contributed by atoms with Gasteiger partial charge in [-0.1, -0.05) is 12.1 Å². The summed E-state index contributed by atoms with van der Waals surface area (Å²) in [5.74, 6) is -0.338. The first-order chi connectivity index (χ1) is 23.0. The van der Waals surface area contributed by atoms with E-state index in [-0.39, 0.29) is 59.8 Å². The number of halogens is 2. The molecule has 2 unspecified atom stereocenters. The smallest absolute Gasteiger partial charge is 0.227 e. The zero-order valence-electron chi connectivity index (χ0n) is 26.6. The van der Waals surface area contributed by atoms with E-state index in [1.807, 2.05) is 12.1 Å². The molecule has 0 bridgehead atoms. The summed E-state index contributed by atoms with van der Waals surface area (Å²) in [6.45, 7) is 3.60. The Balaban J connectivity index is 1.13. The highest BCUT2D eigenvalue weighted by Gasteiger charge is 2.36. The fourth-order valence-corrected chi connectivity index (χ4v) is 7.57. The second kappa shape index (κ2) is 13.5. The summed E-state index contributed by atoms with van der Waals surface area (Å²) in [4.78, 5) is 53.4. The molecule has 6 rings (SSSR count). The van der Waals surface area contributed by atoms with Crippen LogP contribution in [0.2, 0.25) is 0 Å². The number of alkyl halides is 2. The second-order valence-corrected chi connectivity index (χ2v) is 13.1. The number of carbonyl (C=O) groups is 4. The zero-order chi connectivity index (χ0) is 34.3. The zero-order valence-corrected chi connectivity index (χ0v) is 28.1. The van der Waals surface area contributed by atoms with Crippen molar-refractivity contribution < 1.29 is 29.4 Å². The lowest BCUT2D eigenvalue weighted by Crippen LogP contribution is -2.31. The Hall–Kier alpha value is -4.54. The predicted molar refractivity (Wildman–Crippen MR) is 190 cm³/mol. The number of amides is 4. The minimum atomic E-state index is -0.219.